The first-order valence-electron chi connectivity index (χ1n) is 15.9. The fraction of sp³-hybridized carbons (Fsp3) is 0.342. The van der Waals surface area contributed by atoms with E-state index in [1.54, 1.807) is 42.5 Å². The fourth-order valence-electron chi connectivity index (χ4n) is 5.60. The van der Waals surface area contributed by atoms with E-state index in [9.17, 15) is 19.5 Å². The van der Waals surface area contributed by atoms with Crippen LogP contribution in [0.3, 0.4) is 0 Å². The molecular weight excluding hydrogens is 614 g/mol. The minimum Gasteiger partial charge on any atom is -0.454 e. The Morgan fingerprint density at radius 2 is 1.23 bits per heavy atom. The normalized spacial score (nSPS) is 21.6. The second-order valence-corrected chi connectivity index (χ2v) is 11.4. The lowest BCUT2D eigenvalue weighted by Gasteiger charge is -2.44. The minimum atomic E-state index is -1.41. The molecule has 4 rings (SSSR count). The highest BCUT2D eigenvalue weighted by atomic mass is 16.7. The van der Waals surface area contributed by atoms with Gasteiger partial charge in [0.25, 0.3) is 0 Å². The summed E-state index contributed by atoms with van der Waals surface area (Å²) in [7, 11) is 1.34. The van der Waals surface area contributed by atoms with Gasteiger partial charge in [0, 0.05) is 12.8 Å². The molecule has 1 amide bonds. The maximum absolute atomic E-state index is 13.9. The SMILES string of the molecule is C=CC[C@H](Cc1ccccc1)C(=O)O[C@@H]1[C@H](OC(=O)[C@H](CC=C)Cc2ccccc2)[C@@H](OC)O[C@H](CO)[C@H]1OC(=O)Nc1ccccc1. The summed E-state index contributed by atoms with van der Waals surface area (Å²) in [6.45, 7) is 6.99. The predicted octanol–water partition coefficient (Wildman–Crippen LogP) is 5.66. The molecule has 0 aromatic heterocycles. The third-order valence-corrected chi connectivity index (χ3v) is 7.99. The number of ether oxygens (including phenoxy) is 5. The average Bonchev–Trinajstić information content (AvgIpc) is 3.10. The van der Waals surface area contributed by atoms with Crippen LogP contribution in [0.4, 0.5) is 10.5 Å². The zero-order valence-electron chi connectivity index (χ0n) is 27.0. The molecule has 48 heavy (non-hydrogen) atoms. The fourth-order valence-corrected chi connectivity index (χ4v) is 5.60. The summed E-state index contributed by atoms with van der Waals surface area (Å²) in [5.74, 6) is -2.55. The van der Waals surface area contributed by atoms with Gasteiger partial charge in [0.15, 0.2) is 24.6 Å². The highest BCUT2D eigenvalue weighted by Crippen LogP contribution is 2.32. The highest BCUT2D eigenvalue weighted by molar-refractivity contribution is 5.84. The van der Waals surface area contributed by atoms with Crippen molar-refractivity contribution in [2.75, 3.05) is 19.0 Å². The van der Waals surface area contributed by atoms with Crippen LogP contribution >= 0.6 is 0 Å². The first-order valence-corrected chi connectivity index (χ1v) is 15.9. The van der Waals surface area contributed by atoms with Crippen LogP contribution in [-0.4, -0.2) is 67.6 Å². The Balaban J connectivity index is 1.66. The van der Waals surface area contributed by atoms with E-state index < -0.39 is 67.2 Å². The quantitative estimate of drug-likeness (QED) is 0.114. The van der Waals surface area contributed by atoms with E-state index in [-0.39, 0.29) is 6.42 Å². The molecule has 0 unspecified atom stereocenters. The van der Waals surface area contributed by atoms with Gasteiger partial charge >= 0.3 is 18.0 Å². The minimum absolute atomic E-state index is 0.289. The van der Waals surface area contributed by atoms with Crippen molar-refractivity contribution in [1.29, 1.82) is 0 Å². The van der Waals surface area contributed by atoms with Crippen LogP contribution in [-0.2, 0) is 46.1 Å². The molecule has 10 nitrogen and oxygen atoms in total. The van der Waals surface area contributed by atoms with Gasteiger partial charge in [-0.2, -0.15) is 0 Å². The topological polar surface area (TPSA) is 130 Å². The van der Waals surface area contributed by atoms with Crippen LogP contribution in [0.2, 0.25) is 0 Å². The van der Waals surface area contributed by atoms with E-state index in [0.29, 0.717) is 24.9 Å². The van der Waals surface area contributed by atoms with Crippen molar-refractivity contribution in [3.63, 3.8) is 0 Å². The lowest BCUT2D eigenvalue weighted by Crippen LogP contribution is -2.63. The summed E-state index contributed by atoms with van der Waals surface area (Å²) in [5.41, 5.74) is 2.27. The number of methoxy groups -OCH3 is 1. The summed E-state index contributed by atoms with van der Waals surface area (Å²) in [4.78, 5) is 40.8. The second kappa shape index (κ2) is 18.5. The van der Waals surface area contributed by atoms with Gasteiger partial charge in [-0.05, 0) is 48.9 Å². The molecule has 1 fully saturated rings. The Morgan fingerprint density at radius 1 is 0.750 bits per heavy atom. The van der Waals surface area contributed by atoms with Gasteiger partial charge in [-0.15, -0.1) is 13.2 Å². The molecule has 0 aliphatic carbocycles. The summed E-state index contributed by atoms with van der Waals surface area (Å²) in [5, 5.41) is 13.0. The van der Waals surface area contributed by atoms with Crippen LogP contribution in [0.1, 0.15) is 24.0 Å². The Kier molecular flexibility index (Phi) is 13.9. The van der Waals surface area contributed by atoms with Crippen molar-refractivity contribution in [3.05, 3.63) is 127 Å². The molecule has 1 aliphatic rings. The highest BCUT2D eigenvalue weighted by Gasteiger charge is 2.53. The van der Waals surface area contributed by atoms with E-state index in [4.69, 9.17) is 23.7 Å². The summed E-state index contributed by atoms with van der Waals surface area (Å²) >= 11 is 0. The van der Waals surface area contributed by atoms with Crippen LogP contribution in [0.25, 0.3) is 0 Å². The molecule has 2 N–H and O–H groups in total. The molecule has 0 bridgehead atoms. The Labute approximate surface area is 281 Å². The Hall–Kier alpha value is -4.77. The summed E-state index contributed by atoms with van der Waals surface area (Å²) < 4.78 is 29.5. The number of rotatable bonds is 16. The Bertz CT molecular complexity index is 1470. The van der Waals surface area contributed by atoms with Crippen LogP contribution in [0.15, 0.2) is 116 Å². The number of hydrogen-bond donors (Lipinski definition) is 2. The summed E-state index contributed by atoms with van der Waals surface area (Å²) in [6.07, 6.45) is -2.98. The average molecular weight is 658 g/mol. The number of anilines is 1. The number of carbonyl (C=O) groups excluding carboxylic acids is 3. The van der Waals surface area contributed by atoms with E-state index in [2.05, 4.69) is 18.5 Å². The lowest BCUT2D eigenvalue weighted by molar-refractivity contribution is -0.300. The number of allylic oxidation sites excluding steroid dienone is 2. The van der Waals surface area contributed by atoms with Crippen molar-refractivity contribution in [2.24, 2.45) is 11.8 Å². The largest absolute Gasteiger partial charge is 0.454 e. The molecule has 0 radical (unpaired) electrons. The molecule has 0 spiro atoms. The van der Waals surface area contributed by atoms with Gasteiger partial charge in [-0.3, -0.25) is 14.9 Å². The number of esters is 2. The maximum Gasteiger partial charge on any atom is 0.412 e. The van der Waals surface area contributed by atoms with Crippen LogP contribution < -0.4 is 5.32 Å². The molecule has 0 saturated carbocycles. The number of nitrogens with one attached hydrogen (secondary N) is 1. The van der Waals surface area contributed by atoms with Gasteiger partial charge in [-0.25, -0.2) is 4.79 Å². The zero-order valence-corrected chi connectivity index (χ0v) is 27.0. The molecule has 3 aromatic rings. The van der Waals surface area contributed by atoms with Gasteiger partial charge in [-0.1, -0.05) is 91.0 Å². The zero-order chi connectivity index (χ0) is 34.3. The van der Waals surface area contributed by atoms with Crippen LogP contribution in [0.5, 0.6) is 0 Å². The third-order valence-electron chi connectivity index (χ3n) is 7.99. The van der Waals surface area contributed by atoms with Gasteiger partial charge in [0.1, 0.15) is 6.10 Å². The maximum atomic E-state index is 13.9. The molecule has 1 aliphatic heterocycles. The van der Waals surface area contributed by atoms with Crippen molar-refractivity contribution < 1.29 is 43.2 Å². The lowest BCUT2D eigenvalue weighted by atomic mass is 9.94. The van der Waals surface area contributed by atoms with E-state index in [1.807, 2.05) is 60.7 Å². The number of para-hydroxylation sites is 1. The third kappa shape index (κ3) is 10.1. The first kappa shape index (κ1) is 36.1. The standard InChI is InChI=1S/C38H43NO9/c1-4-15-28(23-26-17-9-6-10-18-26)35(41)46-33-32(48-38(43)39-30-21-13-8-14-22-30)31(25-40)45-37(44-3)34(33)47-36(42)29(16-5-2)24-27-19-11-7-12-20-27/h4-14,17-22,28-29,31-34,37,40H,1-2,15-16,23-25H2,3H3,(H,39,43)/t28-,29-,31-,32-,33+,34+,37+/m1/s1. The number of amides is 1. The van der Waals surface area contributed by atoms with Crippen LogP contribution in [0, 0.1) is 11.8 Å². The number of aliphatic hydroxyl groups excluding tert-OH is 1. The first-order chi connectivity index (χ1) is 23.4. The number of benzene rings is 3. The predicted molar refractivity (Wildman–Crippen MR) is 180 cm³/mol. The molecule has 1 saturated heterocycles. The van der Waals surface area contributed by atoms with E-state index in [0.717, 1.165) is 11.1 Å². The van der Waals surface area contributed by atoms with Crippen molar-refractivity contribution in [2.45, 2.75) is 56.4 Å². The molecule has 7 atom stereocenters. The monoisotopic (exact) mass is 657 g/mol. The summed E-state index contributed by atoms with van der Waals surface area (Å²) in [6, 6.07) is 27.5. The van der Waals surface area contributed by atoms with E-state index in [1.165, 1.54) is 7.11 Å². The second-order valence-electron chi connectivity index (χ2n) is 11.4. The molecule has 254 valence electrons. The van der Waals surface area contributed by atoms with Gasteiger partial charge in [0.05, 0.1) is 18.4 Å². The van der Waals surface area contributed by atoms with Crippen molar-refractivity contribution in [1.82, 2.24) is 0 Å². The molecular formula is C38H43NO9. The number of aliphatic hydroxyl groups is 1. The molecule has 1 heterocycles. The molecule has 3 aromatic carbocycles. The van der Waals surface area contributed by atoms with Crippen molar-refractivity contribution >= 4 is 23.7 Å². The van der Waals surface area contributed by atoms with Gasteiger partial charge < -0.3 is 28.8 Å². The number of hydrogen-bond acceptors (Lipinski definition) is 9. The van der Waals surface area contributed by atoms with E-state index >= 15 is 0 Å². The van der Waals surface area contributed by atoms with Crippen molar-refractivity contribution in [3.8, 4) is 0 Å². The smallest absolute Gasteiger partial charge is 0.412 e. The molecule has 10 heteroatoms. The number of carbonyl (C=O) groups is 3. The van der Waals surface area contributed by atoms with Gasteiger partial charge in [0.2, 0.25) is 0 Å². The Morgan fingerprint density at radius 3 is 1.69 bits per heavy atom.